The minimum atomic E-state index is -0.341. The Bertz CT molecular complexity index is 420. The summed E-state index contributed by atoms with van der Waals surface area (Å²) in [5, 5.41) is 3.54. The molecule has 1 heterocycles. The van der Waals surface area contributed by atoms with E-state index in [1.54, 1.807) is 6.07 Å². The van der Waals surface area contributed by atoms with Crippen LogP contribution < -0.4 is 10.1 Å². The van der Waals surface area contributed by atoms with Crippen LogP contribution in [-0.2, 0) is 0 Å². The molecule has 0 radical (unpaired) electrons. The Balaban J connectivity index is 0.00000200. The van der Waals surface area contributed by atoms with Gasteiger partial charge in [0.2, 0.25) is 0 Å². The monoisotopic (exact) mass is 322 g/mol. The Morgan fingerprint density at radius 3 is 3.00 bits per heavy atom. The number of nitrogens with zero attached hydrogens (tertiary/aromatic N) is 1. The number of ether oxygens (including phenoxy) is 1. The van der Waals surface area contributed by atoms with Gasteiger partial charge in [0.15, 0.2) is 0 Å². The molecular weight excluding hydrogens is 302 g/mol. The van der Waals surface area contributed by atoms with Gasteiger partial charge in [0.05, 0.1) is 5.02 Å². The molecule has 20 heavy (non-hydrogen) atoms. The van der Waals surface area contributed by atoms with Crippen molar-refractivity contribution >= 4 is 24.0 Å². The Morgan fingerprint density at radius 2 is 2.30 bits per heavy atom. The highest BCUT2D eigenvalue weighted by molar-refractivity contribution is 6.32. The van der Waals surface area contributed by atoms with Crippen molar-refractivity contribution in [3.8, 4) is 5.75 Å². The van der Waals surface area contributed by atoms with Crippen LogP contribution >= 0.6 is 24.0 Å². The largest absolute Gasteiger partial charge is 0.491 e. The Kier molecular flexibility index (Phi) is 7.59. The predicted molar refractivity (Wildman–Crippen MR) is 82.6 cm³/mol. The molecule has 0 aliphatic carbocycles. The molecule has 3 nitrogen and oxygen atoms in total. The summed E-state index contributed by atoms with van der Waals surface area (Å²) in [6.45, 7) is 4.76. The van der Waals surface area contributed by atoms with Gasteiger partial charge < -0.3 is 10.1 Å². The summed E-state index contributed by atoms with van der Waals surface area (Å²) in [5.41, 5.74) is 0. The summed E-state index contributed by atoms with van der Waals surface area (Å²) < 4.78 is 18.5. The second kappa shape index (κ2) is 8.67. The molecule has 1 aromatic carbocycles. The van der Waals surface area contributed by atoms with Gasteiger partial charge in [-0.2, -0.15) is 0 Å². The van der Waals surface area contributed by atoms with Gasteiger partial charge in [-0.05, 0) is 50.7 Å². The highest BCUT2D eigenvalue weighted by atomic mass is 35.5. The molecule has 1 aliphatic heterocycles. The third-order valence-electron chi connectivity index (χ3n) is 3.42. The van der Waals surface area contributed by atoms with E-state index in [2.05, 4.69) is 10.2 Å². The molecule has 1 saturated heterocycles. The lowest BCUT2D eigenvalue weighted by atomic mass is 10.1. The molecule has 0 bridgehead atoms. The molecule has 2 rings (SSSR count). The van der Waals surface area contributed by atoms with Crippen LogP contribution in [0.1, 0.15) is 6.42 Å². The lowest BCUT2D eigenvalue weighted by Crippen LogP contribution is -2.28. The number of rotatable bonds is 6. The van der Waals surface area contributed by atoms with E-state index in [1.165, 1.54) is 18.6 Å². The fourth-order valence-corrected chi connectivity index (χ4v) is 2.67. The molecule has 6 heteroatoms. The number of nitrogens with one attached hydrogen (secondary N) is 1. The van der Waals surface area contributed by atoms with Gasteiger partial charge in [0.25, 0.3) is 0 Å². The smallest absolute Gasteiger partial charge is 0.138 e. The summed E-state index contributed by atoms with van der Waals surface area (Å²) in [4.78, 5) is 2.39. The van der Waals surface area contributed by atoms with E-state index in [4.69, 9.17) is 16.3 Å². The third-order valence-corrected chi connectivity index (χ3v) is 3.72. The zero-order valence-electron chi connectivity index (χ0n) is 11.6. The molecule has 1 N–H and O–H groups in total. The van der Waals surface area contributed by atoms with Crippen molar-refractivity contribution in [2.45, 2.75) is 6.42 Å². The van der Waals surface area contributed by atoms with Crippen molar-refractivity contribution in [3.05, 3.63) is 29.0 Å². The first-order valence-corrected chi connectivity index (χ1v) is 7.01. The first-order chi connectivity index (χ1) is 9.19. The van der Waals surface area contributed by atoms with Crippen molar-refractivity contribution in [1.29, 1.82) is 0 Å². The Morgan fingerprint density at radius 1 is 1.50 bits per heavy atom. The van der Waals surface area contributed by atoms with Crippen LogP contribution in [-0.4, -0.2) is 44.7 Å². The Hall–Kier alpha value is -0.550. The summed E-state index contributed by atoms with van der Waals surface area (Å²) in [5.74, 6) is 0.945. The van der Waals surface area contributed by atoms with E-state index < -0.39 is 0 Å². The van der Waals surface area contributed by atoms with E-state index in [0.29, 0.717) is 17.4 Å². The third kappa shape index (κ3) is 5.09. The minimum Gasteiger partial charge on any atom is -0.491 e. The molecule has 114 valence electrons. The summed E-state index contributed by atoms with van der Waals surface area (Å²) in [6, 6.07) is 4.21. The zero-order chi connectivity index (χ0) is 13.7. The van der Waals surface area contributed by atoms with Crippen molar-refractivity contribution in [2.75, 3.05) is 39.8 Å². The zero-order valence-corrected chi connectivity index (χ0v) is 13.1. The van der Waals surface area contributed by atoms with Gasteiger partial charge in [-0.25, -0.2) is 4.39 Å². The average Bonchev–Trinajstić information content (AvgIpc) is 2.80. The maximum absolute atomic E-state index is 12.9. The SMILES string of the molecule is CNCC1CCN(CCOc2ccc(F)cc2Cl)C1.Cl. The maximum Gasteiger partial charge on any atom is 0.138 e. The quantitative estimate of drug-likeness (QED) is 0.871. The van der Waals surface area contributed by atoms with Gasteiger partial charge in [-0.1, -0.05) is 11.6 Å². The Labute approximate surface area is 130 Å². The van der Waals surface area contributed by atoms with Crippen molar-refractivity contribution in [1.82, 2.24) is 10.2 Å². The summed E-state index contributed by atoms with van der Waals surface area (Å²) in [7, 11) is 1.99. The van der Waals surface area contributed by atoms with Gasteiger partial charge >= 0.3 is 0 Å². The maximum atomic E-state index is 12.9. The van der Waals surface area contributed by atoms with Crippen LogP contribution in [0.15, 0.2) is 18.2 Å². The van der Waals surface area contributed by atoms with Gasteiger partial charge in [-0.3, -0.25) is 4.90 Å². The molecular formula is C14H21Cl2FN2O. The van der Waals surface area contributed by atoms with Crippen LogP contribution in [0.3, 0.4) is 0 Å². The summed E-state index contributed by atoms with van der Waals surface area (Å²) in [6.07, 6.45) is 1.23. The van der Waals surface area contributed by atoms with E-state index in [1.807, 2.05) is 7.05 Å². The lowest BCUT2D eigenvalue weighted by molar-refractivity contribution is 0.232. The van der Waals surface area contributed by atoms with Crippen molar-refractivity contribution in [3.63, 3.8) is 0 Å². The average molecular weight is 323 g/mol. The van der Waals surface area contributed by atoms with Crippen LogP contribution in [0, 0.1) is 11.7 Å². The lowest BCUT2D eigenvalue weighted by Gasteiger charge is -2.16. The highest BCUT2D eigenvalue weighted by Gasteiger charge is 2.21. The van der Waals surface area contributed by atoms with E-state index in [-0.39, 0.29) is 18.2 Å². The van der Waals surface area contributed by atoms with Crippen LogP contribution in [0.5, 0.6) is 5.75 Å². The molecule has 1 aliphatic rings. The topological polar surface area (TPSA) is 24.5 Å². The van der Waals surface area contributed by atoms with Gasteiger partial charge in [0.1, 0.15) is 18.2 Å². The van der Waals surface area contributed by atoms with Crippen LogP contribution in [0.2, 0.25) is 5.02 Å². The predicted octanol–water partition coefficient (Wildman–Crippen LogP) is 2.82. The number of hydrogen-bond donors (Lipinski definition) is 1. The summed E-state index contributed by atoms with van der Waals surface area (Å²) >= 11 is 5.90. The van der Waals surface area contributed by atoms with Gasteiger partial charge in [-0.15, -0.1) is 12.4 Å². The number of hydrogen-bond acceptors (Lipinski definition) is 3. The second-order valence-corrected chi connectivity index (χ2v) is 5.34. The van der Waals surface area contributed by atoms with E-state index in [9.17, 15) is 4.39 Å². The molecule has 1 aromatic rings. The van der Waals surface area contributed by atoms with Crippen molar-refractivity contribution in [2.24, 2.45) is 5.92 Å². The normalized spacial score (nSPS) is 18.9. The van der Waals surface area contributed by atoms with Crippen molar-refractivity contribution < 1.29 is 9.13 Å². The molecule has 1 fully saturated rings. The van der Waals surface area contributed by atoms with E-state index >= 15 is 0 Å². The molecule has 0 amide bonds. The minimum absolute atomic E-state index is 0. The molecule has 0 spiro atoms. The van der Waals surface area contributed by atoms with Crippen LogP contribution in [0.4, 0.5) is 4.39 Å². The standard InChI is InChI=1S/C14H20ClFN2O.ClH/c1-17-9-11-4-5-18(10-11)6-7-19-14-3-2-12(16)8-13(14)15;/h2-3,8,11,17H,4-7,9-10H2,1H3;1H. The fourth-order valence-electron chi connectivity index (χ4n) is 2.45. The molecule has 0 saturated carbocycles. The molecule has 0 aromatic heterocycles. The molecule has 1 atom stereocenters. The van der Waals surface area contributed by atoms with E-state index in [0.717, 1.165) is 32.1 Å². The van der Waals surface area contributed by atoms with Gasteiger partial charge in [0, 0.05) is 13.1 Å². The van der Waals surface area contributed by atoms with Crippen LogP contribution in [0.25, 0.3) is 0 Å². The second-order valence-electron chi connectivity index (χ2n) is 4.94. The highest BCUT2D eigenvalue weighted by Crippen LogP contribution is 2.25. The first kappa shape index (κ1) is 17.5. The number of halogens is 3. The number of benzene rings is 1. The number of likely N-dealkylation sites (tertiary alicyclic amines) is 1. The fraction of sp³-hybridized carbons (Fsp3) is 0.571. The molecule has 1 unspecified atom stereocenters. The first-order valence-electron chi connectivity index (χ1n) is 6.64.